The molecule has 1 aromatic rings. The molecular weight excluding hydrogens is 321 g/mol. The maximum absolute atomic E-state index is 3.68. The quantitative estimate of drug-likeness (QED) is 0.714. The molecule has 0 spiro atoms. The smallest absolute Gasteiger partial charge is 0.0133 e. The fourth-order valence-electron chi connectivity index (χ4n) is 2.17. The Kier molecular flexibility index (Phi) is 7.12. The van der Waals surface area contributed by atoms with Crippen molar-refractivity contribution in [1.29, 1.82) is 0 Å². The highest BCUT2D eigenvalue weighted by molar-refractivity contribution is 14.1. The molecule has 0 amide bonds. The van der Waals surface area contributed by atoms with Crippen molar-refractivity contribution in [2.75, 3.05) is 6.54 Å². The van der Waals surface area contributed by atoms with Crippen LogP contribution >= 0.6 is 22.6 Å². The lowest BCUT2D eigenvalue weighted by molar-refractivity contribution is 0.420. The first kappa shape index (κ1) is 15.0. The summed E-state index contributed by atoms with van der Waals surface area (Å²) in [5, 5.41) is 3.68. The molecular formula is C15H24IN. The van der Waals surface area contributed by atoms with Gasteiger partial charge in [-0.15, -0.1) is 0 Å². The van der Waals surface area contributed by atoms with Crippen molar-refractivity contribution in [3.8, 4) is 0 Å². The topological polar surface area (TPSA) is 12.0 Å². The third kappa shape index (κ3) is 4.96. The molecule has 2 heteroatoms. The second-order valence-electron chi connectivity index (χ2n) is 4.69. The van der Waals surface area contributed by atoms with E-state index in [1.165, 1.54) is 28.4 Å². The van der Waals surface area contributed by atoms with Crippen LogP contribution in [0.4, 0.5) is 0 Å². The molecule has 0 aromatic heterocycles. The molecule has 0 aliphatic carbocycles. The van der Waals surface area contributed by atoms with Gasteiger partial charge in [0.15, 0.2) is 0 Å². The highest BCUT2D eigenvalue weighted by atomic mass is 127. The van der Waals surface area contributed by atoms with Crippen molar-refractivity contribution >= 4 is 22.6 Å². The molecule has 0 fully saturated rings. The van der Waals surface area contributed by atoms with Crippen molar-refractivity contribution < 1.29 is 0 Å². The molecule has 2 unspecified atom stereocenters. The Morgan fingerprint density at radius 2 is 1.76 bits per heavy atom. The van der Waals surface area contributed by atoms with Crippen LogP contribution in [0, 0.1) is 3.57 Å². The van der Waals surface area contributed by atoms with Crippen LogP contribution in [0.5, 0.6) is 0 Å². The van der Waals surface area contributed by atoms with Gasteiger partial charge >= 0.3 is 0 Å². The molecule has 0 heterocycles. The lowest BCUT2D eigenvalue weighted by Crippen LogP contribution is -2.34. The molecule has 0 saturated carbocycles. The Morgan fingerprint density at radius 1 is 1.12 bits per heavy atom. The van der Waals surface area contributed by atoms with Crippen LogP contribution in [0.15, 0.2) is 24.3 Å². The normalized spacial score (nSPS) is 14.6. The molecule has 0 aliphatic rings. The summed E-state index contributed by atoms with van der Waals surface area (Å²) in [4.78, 5) is 0. The van der Waals surface area contributed by atoms with Gasteiger partial charge in [0.05, 0.1) is 0 Å². The first-order valence-electron chi connectivity index (χ1n) is 6.67. The number of rotatable bonds is 7. The standard InChI is InChI=1S/C15H24IN/c1-4-6-15(17-11-5-2)12(3)13-7-9-14(16)10-8-13/h7-10,12,15,17H,4-6,11H2,1-3H3. The van der Waals surface area contributed by atoms with Gasteiger partial charge in [-0.05, 0) is 65.6 Å². The van der Waals surface area contributed by atoms with Gasteiger partial charge in [-0.1, -0.05) is 39.3 Å². The van der Waals surface area contributed by atoms with E-state index >= 15 is 0 Å². The third-order valence-corrected chi connectivity index (χ3v) is 3.97. The lowest BCUT2D eigenvalue weighted by atomic mass is 9.90. The van der Waals surface area contributed by atoms with Gasteiger partial charge in [-0.25, -0.2) is 0 Å². The van der Waals surface area contributed by atoms with Crippen molar-refractivity contribution in [3.05, 3.63) is 33.4 Å². The van der Waals surface area contributed by atoms with E-state index in [0.717, 1.165) is 6.54 Å². The SMILES string of the molecule is CCCNC(CCC)C(C)c1ccc(I)cc1. The largest absolute Gasteiger partial charge is 0.313 e. The van der Waals surface area contributed by atoms with Crippen LogP contribution in [0.25, 0.3) is 0 Å². The van der Waals surface area contributed by atoms with E-state index in [-0.39, 0.29) is 0 Å². The first-order chi connectivity index (χ1) is 8.19. The number of hydrogen-bond donors (Lipinski definition) is 1. The van der Waals surface area contributed by atoms with Gasteiger partial charge < -0.3 is 5.32 Å². The second kappa shape index (κ2) is 8.09. The van der Waals surface area contributed by atoms with Gasteiger partial charge in [-0.2, -0.15) is 0 Å². The molecule has 1 aromatic carbocycles. The molecule has 0 saturated heterocycles. The summed E-state index contributed by atoms with van der Waals surface area (Å²) in [5.41, 5.74) is 1.45. The zero-order chi connectivity index (χ0) is 12.7. The molecule has 0 aliphatic heterocycles. The zero-order valence-electron chi connectivity index (χ0n) is 11.2. The summed E-state index contributed by atoms with van der Waals surface area (Å²) in [6.45, 7) is 7.96. The van der Waals surface area contributed by atoms with Gasteiger partial charge in [0.1, 0.15) is 0 Å². The Labute approximate surface area is 120 Å². The van der Waals surface area contributed by atoms with E-state index in [1.54, 1.807) is 0 Å². The molecule has 1 rings (SSSR count). The lowest BCUT2D eigenvalue weighted by Gasteiger charge is -2.25. The van der Waals surface area contributed by atoms with Crippen LogP contribution in [-0.2, 0) is 0 Å². The summed E-state index contributed by atoms with van der Waals surface area (Å²) >= 11 is 2.36. The fourth-order valence-corrected chi connectivity index (χ4v) is 2.53. The highest BCUT2D eigenvalue weighted by Crippen LogP contribution is 2.23. The maximum atomic E-state index is 3.68. The Hall–Kier alpha value is -0.0900. The van der Waals surface area contributed by atoms with E-state index in [2.05, 4.69) is 72.9 Å². The summed E-state index contributed by atoms with van der Waals surface area (Å²) in [5.74, 6) is 0.596. The van der Waals surface area contributed by atoms with Crippen LogP contribution in [0.3, 0.4) is 0 Å². The first-order valence-corrected chi connectivity index (χ1v) is 7.75. The van der Waals surface area contributed by atoms with Crippen LogP contribution in [-0.4, -0.2) is 12.6 Å². The van der Waals surface area contributed by atoms with Gasteiger partial charge in [0.25, 0.3) is 0 Å². The van der Waals surface area contributed by atoms with Crippen molar-refractivity contribution in [3.63, 3.8) is 0 Å². The van der Waals surface area contributed by atoms with E-state index in [0.29, 0.717) is 12.0 Å². The summed E-state index contributed by atoms with van der Waals surface area (Å²) in [7, 11) is 0. The van der Waals surface area contributed by atoms with Gasteiger partial charge in [0, 0.05) is 9.61 Å². The summed E-state index contributed by atoms with van der Waals surface area (Å²) in [6.07, 6.45) is 3.71. The molecule has 96 valence electrons. The minimum absolute atomic E-state index is 0.596. The van der Waals surface area contributed by atoms with Crippen LogP contribution < -0.4 is 5.32 Å². The van der Waals surface area contributed by atoms with E-state index in [1.807, 2.05) is 0 Å². The predicted molar refractivity (Wildman–Crippen MR) is 84.6 cm³/mol. The number of nitrogens with one attached hydrogen (secondary N) is 1. The average molecular weight is 345 g/mol. The van der Waals surface area contributed by atoms with Crippen molar-refractivity contribution in [2.24, 2.45) is 0 Å². The molecule has 0 radical (unpaired) electrons. The minimum atomic E-state index is 0.596. The average Bonchev–Trinajstić information content (AvgIpc) is 2.34. The van der Waals surface area contributed by atoms with Crippen LogP contribution in [0.2, 0.25) is 0 Å². The monoisotopic (exact) mass is 345 g/mol. The minimum Gasteiger partial charge on any atom is -0.313 e. The second-order valence-corrected chi connectivity index (χ2v) is 5.94. The number of benzene rings is 1. The van der Waals surface area contributed by atoms with Gasteiger partial charge in [-0.3, -0.25) is 0 Å². The van der Waals surface area contributed by atoms with Crippen LogP contribution in [0.1, 0.15) is 51.5 Å². The number of hydrogen-bond acceptors (Lipinski definition) is 1. The fraction of sp³-hybridized carbons (Fsp3) is 0.600. The Bertz CT molecular complexity index is 307. The van der Waals surface area contributed by atoms with E-state index < -0.39 is 0 Å². The predicted octanol–water partition coefficient (Wildman–Crippen LogP) is 4.56. The molecule has 1 nitrogen and oxygen atoms in total. The van der Waals surface area contributed by atoms with Gasteiger partial charge in [0.2, 0.25) is 0 Å². The number of halogens is 1. The van der Waals surface area contributed by atoms with Crippen molar-refractivity contribution in [2.45, 2.75) is 52.0 Å². The molecule has 0 bridgehead atoms. The van der Waals surface area contributed by atoms with E-state index in [4.69, 9.17) is 0 Å². The molecule has 2 atom stereocenters. The zero-order valence-corrected chi connectivity index (χ0v) is 13.3. The summed E-state index contributed by atoms with van der Waals surface area (Å²) < 4.78 is 1.31. The summed E-state index contributed by atoms with van der Waals surface area (Å²) in [6, 6.07) is 9.55. The molecule has 17 heavy (non-hydrogen) atoms. The molecule has 1 N–H and O–H groups in total. The third-order valence-electron chi connectivity index (χ3n) is 3.26. The maximum Gasteiger partial charge on any atom is 0.0133 e. The van der Waals surface area contributed by atoms with E-state index in [9.17, 15) is 0 Å². The highest BCUT2D eigenvalue weighted by Gasteiger charge is 2.17. The van der Waals surface area contributed by atoms with Crippen molar-refractivity contribution in [1.82, 2.24) is 5.32 Å². The Morgan fingerprint density at radius 3 is 2.29 bits per heavy atom. The Balaban J connectivity index is 2.68.